The number of fused-ring (bicyclic) bond motifs is 1. The van der Waals surface area contributed by atoms with Gasteiger partial charge in [0.15, 0.2) is 5.79 Å². The Balaban J connectivity index is 1.95. The fourth-order valence-corrected chi connectivity index (χ4v) is 2.70. The van der Waals surface area contributed by atoms with Crippen molar-refractivity contribution in [1.82, 2.24) is 5.32 Å². The molecule has 0 aromatic rings. The normalized spacial score (nSPS) is 33.0. The van der Waals surface area contributed by atoms with Gasteiger partial charge in [0, 0.05) is 0 Å². The van der Waals surface area contributed by atoms with E-state index in [2.05, 4.69) is 16.2 Å². The Morgan fingerprint density at radius 3 is 2.45 bits per heavy atom. The molecule has 0 aliphatic carbocycles. The van der Waals surface area contributed by atoms with Gasteiger partial charge in [-0.3, -0.25) is 0 Å². The number of nitrogens with zero attached hydrogens (tertiary/aromatic N) is 1. The van der Waals surface area contributed by atoms with Gasteiger partial charge < -0.3 is 19.5 Å². The average Bonchev–Trinajstić information content (AvgIpc) is 2.81. The molecular weight excluding hydrogens is 291 g/mol. The first-order valence-electron chi connectivity index (χ1n) is 7.45. The zero-order valence-electron chi connectivity index (χ0n) is 13.7. The number of nitrogens with one attached hydrogen (secondary N) is 1. The van der Waals surface area contributed by atoms with Crippen molar-refractivity contribution in [3.05, 3.63) is 4.85 Å². The molecule has 0 radical (unpaired) electrons. The molecule has 2 heterocycles. The maximum absolute atomic E-state index is 13.1. The predicted octanol–water partition coefficient (Wildman–Crippen LogP) is 2.47. The summed E-state index contributed by atoms with van der Waals surface area (Å²) in [5.41, 5.74) is -0.593. The lowest BCUT2D eigenvalue weighted by molar-refractivity contribution is -0.156. The summed E-state index contributed by atoms with van der Waals surface area (Å²) >= 11 is 0. The van der Waals surface area contributed by atoms with Crippen molar-refractivity contribution < 1.29 is 23.4 Å². The number of ether oxygens (including phenoxy) is 3. The van der Waals surface area contributed by atoms with Crippen LogP contribution in [0.1, 0.15) is 41.0 Å². The summed E-state index contributed by atoms with van der Waals surface area (Å²) in [6.45, 7) is 8.36. The van der Waals surface area contributed by atoms with E-state index in [0.717, 1.165) is 0 Å². The largest absolute Gasteiger partial charge is 0.728 e. The van der Waals surface area contributed by atoms with E-state index >= 15 is 0 Å². The summed E-state index contributed by atoms with van der Waals surface area (Å²) in [5.74, 6) is -0.731. The molecule has 2 aliphatic heterocycles. The van der Waals surface area contributed by atoms with E-state index in [1.807, 2.05) is 0 Å². The maximum atomic E-state index is 13.1. The standard InChI is InChI=1S/C15H24FN2O4/c1-14(2,3)22-13(19)17-7-6-9-11-12(10(8-16)18-9)21-15(4,5)20-11/h9-12,18H,6,8H2,1-5H3/q+1/t9?,10-,11+,12-/m1/s1. The highest BCUT2D eigenvalue weighted by Crippen LogP contribution is 2.36. The first-order chi connectivity index (χ1) is 10.1. The molecule has 0 aromatic heterocycles. The van der Waals surface area contributed by atoms with Crippen molar-refractivity contribution >= 4 is 6.09 Å². The molecule has 7 heteroatoms. The highest BCUT2D eigenvalue weighted by Gasteiger charge is 2.54. The SMILES string of the molecule is CC(C)(C)OC(=O)[N+]#CCC1N[C@H](CF)[C@H]2OC(C)(C)O[C@@H]12. The van der Waals surface area contributed by atoms with Crippen molar-refractivity contribution in [1.29, 1.82) is 0 Å². The highest BCUT2D eigenvalue weighted by molar-refractivity contribution is 5.79. The Hall–Kier alpha value is -1.23. The topological polar surface area (TPSA) is 61.2 Å². The number of carbonyl (C=O) groups is 1. The Morgan fingerprint density at radius 1 is 1.32 bits per heavy atom. The molecule has 2 saturated heterocycles. The van der Waals surface area contributed by atoms with Gasteiger partial charge in [-0.25, -0.2) is 4.39 Å². The van der Waals surface area contributed by atoms with E-state index < -0.39 is 30.2 Å². The maximum Gasteiger partial charge on any atom is 0.728 e. The number of carbonyl (C=O) groups excluding carboxylic acids is 1. The fraction of sp³-hybridized carbons (Fsp3) is 0.867. The molecule has 6 nitrogen and oxygen atoms in total. The third kappa shape index (κ3) is 4.15. The summed E-state index contributed by atoms with van der Waals surface area (Å²) in [4.78, 5) is 15.1. The van der Waals surface area contributed by atoms with Crippen LogP contribution in [0.3, 0.4) is 0 Å². The lowest BCUT2D eigenvalue weighted by atomic mass is 10.1. The lowest BCUT2D eigenvalue weighted by Crippen LogP contribution is -2.39. The molecule has 0 bridgehead atoms. The van der Waals surface area contributed by atoms with Gasteiger partial charge >= 0.3 is 6.09 Å². The van der Waals surface area contributed by atoms with Crippen molar-refractivity contribution in [3.8, 4) is 6.07 Å². The average molecular weight is 315 g/mol. The minimum Gasteiger partial charge on any atom is -0.392 e. The predicted molar refractivity (Wildman–Crippen MR) is 78.6 cm³/mol. The van der Waals surface area contributed by atoms with Crippen LogP contribution in [0.5, 0.6) is 0 Å². The van der Waals surface area contributed by atoms with Gasteiger partial charge in [0.05, 0.1) is 16.9 Å². The fourth-order valence-electron chi connectivity index (χ4n) is 2.70. The van der Waals surface area contributed by atoms with E-state index in [0.29, 0.717) is 6.42 Å². The first-order valence-corrected chi connectivity index (χ1v) is 7.45. The van der Waals surface area contributed by atoms with E-state index in [-0.39, 0.29) is 18.2 Å². The van der Waals surface area contributed by atoms with E-state index in [1.165, 1.54) is 0 Å². The van der Waals surface area contributed by atoms with Gasteiger partial charge in [-0.05, 0) is 34.6 Å². The number of amides is 1. The minimum absolute atomic E-state index is 0.196. The summed E-state index contributed by atoms with van der Waals surface area (Å²) < 4.78 is 29.7. The van der Waals surface area contributed by atoms with Crippen LogP contribution in [0.25, 0.3) is 4.85 Å². The van der Waals surface area contributed by atoms with Crippen molar-refractivity contribution in [2.75, 3.05) is 6.67 Å². The van der Waals surface area contributed by atoms with Gasteiger partial charge in [0.2, 0.25) is 0 Å². The van der Waals surface area contributed by atoms with Crippen LogP contribution in [0, 0.1) is 6.07 Å². The van der Waals surface area contributed by atoms with Crippen LogP contribution in [0.2, 0.25) is 0 Å². The van der Waals surface area contributed by atoms with Crippen molar-refractivity contribution in [2.45, 2.75) is 76.7 Å². The smallest absolute Gasteiger partial charge is 0.392 e. The van der Waals surface area contributed by atoms with Crippen LogP contribution in [0.15, 0.2) is 0 Å². The molecule has 124 valence electrons. The van der Waals surface area contributed by atoms with E-state index in [9.17, 15) is 9.18 Å². The molecule has 1 N–H and O–H groups in total. The van der Waals surface area contributed by atoms with E-state index in [4.69, 9.17) is 14.2 Å². The molecule has 1 amide bonds. The van der Waals surface area contributed by atoms with Crippen molar-refractivity contribution in [3.63, 3.8) is 0 Å². The van der Waals surface area contributed by atoms with Gasteiger partial charge in [-0.1, -0.05) is 0 Å². The molecule has 2 aliphatic rings. The zero-order chi connectivity index (χ0) is 16.5. The number of alkyl halides is 1. The van der Waals surface area contributed by atoms with Crippen molar-refractivity contribution in [2.24, 2.45) is 0 Å². The first kappa shape index (κ1) is 17.1. The summed E-state index contributed by atoms with van der Waals surface area (Å²) in [6.07, 6.45) is -0.991. The summed E-state index contributed by atoms with van der Waals surface area (Å²) in [7, 11) is 0. The molecular formula is C15H24FN2O4+. The highest BCUT2D eigenvalue weighted by atomic mass is 19.1. The molecule has 1 unspecified atom stereocenters. The van der Waals surface area contributed by atoms with Gasteiger partial charge in [-0.2, -0.15) is 4.79 Å². The molecule has 0 spiro atoms. The summed E-state index contributed by atoms with van der Waals surface area (Å²) in [5, 5.41) is 3.10. The molecule has 2 rings (SSSR count). The number of hydrogen-bond donors (Lipinski definition) is 1. The third-order valence-electron chi connectivity index (χ3n) is 3.43. The lowest BCUT2D eigenvalue weighted by Gasteiger charge is -2.22. The van der Waals surface area contributed by atoms with Crippen LogP contribution in [-0.4, -0.2) is 48.4 Å². The molecule has 22 heavy (non-hydrogen) atoms. The Morgan fingerprint density at radius 2 is 1.91 bits per heavy atom. The molecule has 2 fully saturated rings. The second kappa shape index (κ2) is 6.11. The monoisotopic (exact) mass is 315 g/mol. The van der Waals surface area contributed by atoms with Gasteiger partial charge in [0.1, 0.15) is 30.9 Å². The minimum atomic E-state index is -0.731. The van der Waals surface area contributed by atoms with Gasteiger partial charge in [0.25, 0.3) is 6.07 Å². The Kier molecular flexibility index (Phi) is 4.76. The van der Waals surface area contributed by atoms with Crippen LogP contribution in [-0.2, 0) is 14.2 Å². The Bertz CT molecular complexity index is 492. The second-order valence-corrected chi connectivity index (χ2v) is 7.05. The Labute approximate surface area is 130 Å². The molecule has 0 aromatic carbocycles. The third-order valence-corrected chi connectivity index (χ3v) is 3.43. The molecule has 4 atom stereocenters. The van der Waals surface area contributed by atoms with E-state index in [1.54, 1.807) is 34.6 Å². The van der Waals surface area contributed by atoms with Gasteiger partial charge in [-0.15, -0.1) is 0 Å². The number of halogens is 1. The quantitative estimate of drug-likeness (QED) is 0.848. The summed E-state index contributed by atoms with van der Waals surface area (Å²) in [6, 6.07) is 2.05. The van der Waals surface area contributed by atoms with Crippen LogP contribution < -0.4 is 5.32 Å². The number of hydrogen-bond acceptors (Lipinski definition) is 5. The van der Waals surface area contributed by atoms with Crippen LogP contribution in [0.4, 0.5) is 9.18 Å². The van der Waals surface area contributed by atoms with Crippen LogP contribution >= 0.6 is 0 Å². The number of rotatable bonds is 2. The second-order valence-electron chi connectivity index (χ2n) is 7.05. The zero-order valence-corrected chi connectivity index (χ0v) is 13.7. The molecule has 0 saturated carbocycles.